The van der Waals surface area contributed by atoms with Crippen LogP contribution in [0.25, 0.3) is 0 Å². The molecule has 0 saturated carbocycles. The third-order valence-corrected chi connectivity index (χ3v) is 4.66. The van der Waals surface area contributed by atoms with E-state index < -0.39 is 11.7 Å². The lowest BCUT2D eigenvalue weighted by atomic mass is 10.1. The number of amides is 2. The number of para-hydroxylation sites is 2. The maximum Gasteiger partial charge on any atom is 0.262 e. The molecule has 166 valence electrons. The zero-order valence-corrected chi connectivity index (χ0v) is 17.8. The van der Waals surface area contributed by atoms with Crippen LogP contribution in [0.2, 0.25) is 0 Å². The molecule has 0 aliphatic carbocycles. The topological polar surface area (TPSA) is 76.7 Å². The number of hydrogen-bond donors (Lipinski definition) is 2. The lowest BCUT2D eigenvalue weighted by molar-refractivity contribution is -0.118. The molecule has 0 aliphatic rings. The summed E-state index contributed by atoms with van der Waals surface area (Å²) in [5.74, 6) is -1.14. The summed E-state index contributed by atoms with van der Waals surface area (Å²) in [5, 5.41) is 5.33. The van der Waals surface area contributed by atoms with Crippen LogP contribution in [-0.2, 0) is 22.7 Å². The van der Waals surface area contributed by atoms with Crippen molar-refractivity contribution in [1.29, 1.82) is 0 Å². The maximum absolute atomic E-state index is 13.7. The number of anilines is 1. The van der Waals surface area contributed by atoms with Crippen LogP contribution in [0.5, 0.6) is 5.75 Å². The molecule has 6 nitrogen and oxygen atoms in total. The molecular weight excluding hydrogens is 411 g/mol. The molecule has 0 unspecified atom stereocenters. The van der Waals surface area contributed by atoms with E-state index in [2.05, 4.69) is 10.6 Å². The fraction of sp³-hybridized carbons (Fsp3) is 0.200. The van der Waals surface area contributed by atoms with Gasteiger partial charge in [-0.05, 0) is 42.3 Å². The summed E-state index contributed by atoms with van der Waals surface area (Å²) in [7, 11) is 0. The summed E-state index contributed by atoms with van der Waals surface area (Å²) in [6.45, 7) is 2.97. The van der Waals surface area contributed by atoms with Crippen molar-refractivity contribution >= 4 is 17.5 Å². The van der Waals surface area contributed by atoms with Gasteiger partial charge >= 0.3 is 0 Å². The second-order valence-corrected chi connectivity index (χ2v) is 6.90. The summed E-state index contributed by atoms with van der Waals surface area (Å²) < 4.78 is 24.7. The van der Waals surface area contributed by atoms with E-state index in [1.807, 2.05) is 31.2 Å². The molecule has 2 amide bonds. The Bertz CT molecular complexity index is 1070. The molecule has 3 aromatic carbocycles. The molecule has 0 aliphatic heterocycles. The van der Waals surface area contributed by atoms with Gasteiger partial charge in [0.2, 0.25) is 0 Å². The SMILES string of the molecule is CCOCc1ccccc1CNC(=O)c1ccccc1OCC(=O)Nc1ccccc1F. The largest absolute Gasteiger partial charge is 0.483 e. The number of carbonyl (C=O) groups excluding carboxylic acids is 2. The van der Waals surface area contributed by atoms with Crippen LogP contribution in [0.1, 0.15) is 28.4 Å². The van der Waals surface area contributed by atoms with Crippen LogP contribution in [-0.4, -0.2) is 25.0 Å². The molecule has 2 N–H and O–H groups in total. The van der Waals surface area contributed by atoms with Gasteiger partial charge in [-0.1, -0.05) is 48.5 Å². The number of carbonyl (C=O) groups is 2. The lowest BCUT2D eigenvalue weighted by Crippen LogP contribution is -2.25. The van der Waals surface area contributed by atoms with Crippen molar-refractivity contribution in [2.24, 2.45) is 0 Å². The summed E-state index contributed by atoms with van der Waals surface area (Å²) >= 11 is 0. The van der Waals surface area contributed by atoms with Gasteiger partial charge in [0.1, 0.15) is 11.6 Å². The average molecular weight is 436 g/mol. The van der Waals surface area contributed by atoms with Crippen LogP contribution in [0.4, 0.5) is 10.1 Å². The third-order valence-electron chi connectivity index (χ3n) is 4.66. The third kappa shape index (κ3) is 6.39. The predicted octanol–water partition coefficient (Wildman–Crippen LogP) is 4.31. The van der Waals surface area contributed by atoms with E-state index in [1.165, 1.54) is 18.2 Å². The van der Waals surface area contributed by atoms with Crippen molar-refractivity contribution < 1.29 is 23.5 Å². The van der Waals surface area contributed by atoms with Crippen LogP contribution >= 0.6 is 0 Å². The fourth-order valence-electron chi connectivity index (χ4n) is 3.03. The second kappa shape index (κ2) is 11.6. The summed E-state index contributed by atoms with van der Waals surface area (Å²) in [6, 6.07) is 20.2. The van der Waals surface area contributed by atoms with E-state index in [-0.39, 0.29) is 24.0 Å². The van der Waals surface area contributed by atoms with Crippen molar-refractivity contribution in [3.8, 4) is 5.75 Å². The zero-order valence-electron chi connectivity index (χ0n) is 17.8. The minimum absolute atomic E-state index is 0.0675. The number of ether oxygens (including phenoxy) is 2. The zero-order chi connectivity index (χ0) is 22.8. The molecule has 0 aromatic heterocycles. The van der Waals surface area contributed by atoms with Gasteiger partial charge in [-0.15, -0.1) is 0 Å². The lowest BCUT2D eigenvalue weighted by Gasteiger charge is -2.13. The van der Waals surface area contributed by atoms with Gasteiger partial charge in [0.15, 0.2) is 6.61 Å². The first-order valence-electron chi connectivity index (χ1n) is 10.3. The highest BCUT2D eigenvalue weighted by Crippen LogP contribution is 2.19. The van der Waals surface area contributed by atoms with Crippen LogP contribution in [0.15, 0.2) is 72.8 Å². The van der Waals surface area contributed by atoms with E-state index in [1.54, 1.807) is 30.3 Å². The molecule has 7 heteroatoms. The van der Waals surface area contributed by atoms with Crippen molar-refractivity contribution in [2.45, 2.75) is 20.1 Å². The Balaban J connectivity index is 1.60. The molecule has 0 saturated heterocycles. The number of halogens is 1. The van der Waals surface area contributed by atoms with E-state index in [0.717, 1.165) is 11.1 Å². The number of nitrogens with one attached hydrogen (secondary N) is 2. The van der Waals surface area contributed by atoms with Crippen LogP contribution in [0.3, 0.4) is 0 Å². The molecule has 0 bridgehead atoms. The first kappa shape index (κ1) is 23.0. The second-order valence-electron chi connectivity index (χ2n) is 6.90. The average Bonchev–Trinajstić information content (AvgIpc) is 2.82. The number of rotatable bonds is 10. The molecular formula is C25H25FN2O4. The molecule has 0 atom stereocenters. The highest BCUT2D eigenvalue weighted by Gasteiger charge is 2.14. The van der Waals surface area contributed by atoms with Crippen molar-refractivity contribution in [1.82, 2.24) is 5.32 Å². The van der Waals surface area contributed by atoms with Gasteiger partial charge in [0.25, 0.3) is 11.8 Å². The van der Waals surface area contributed by atoms with Gasteiger partial charge < -0.3 is 20.1 Å². The van der Waals surface area contributed by atoms with Crippen molar-refractivity contribution in [3.05, 3.63) is 95.3 Å². The highest BCUT2D eigenvalue weighted by molar-refractivity contribution is 5.97. The Morgan fingerprint density at radius 2 is 1.59 bits per heavy atom. The Morgan fingerprint density at radius 1 is 0.906 bits per heavy atom. The molecule has 32 heavy (non-hydrogen) atoms. The van der Waals surface area contributed by atoms with E-state index in [0.29, 0.717) is 25.3 Å². The van der Waals surface area contributed by atoms with Gasteiger partial charge in [-0.2, -0.15) is 0 Å². The number of hydrogen-bond acceptors (Lipinski definition) is 4. The standard InChI is InChI=1S/C25H25FN2O4/c1-2-31-16-19-10-4-3-9-18(19)15-27-25(30)20-11-5-8-14-23(20)32-17-24(29)28-22-13-7-6-12-21(22)26/h3-14H,2,15-17H2,1H3,(H,27,30)(H,28,29). The summed E-state index contributed by atoms with van der Waals surface area (Å²) in [5.41, 5.74) is 2.33. The summed E-state index contributed by atoms with van der Waals surface area (Å²) in [6.07, 6.45) is 0. The Kier molecular flexibility index (Phi) is 8.34. The Hall–Kier alpha value is -3.71. The van der Waals surface area contributed by atoms with Gasteiger partial charge in [0.05, 0.1) is 17.9 Å². The predicted molar refractivity (Wildman–Crippen MR) is 120 cm³/mol. The molecule has 0 heterocycles. The van der Waals surface area contributed by atoms with E-state index in [4.69, 9.17) is 9.47 Å². The van der Waals surface area contributed by atoms with Crippen LogP contribution < -0.4 is 15.4 Å². The minimum atomic E-state index is -0.537. The van der Waals surface area contributed by atoms with Crippen molar-refractivity contribution in [3.63, 3.8) is 0 Å². The van der Waals surface area contributed by atoms with E-state index in [9.17, 15) is 14.0 Å². The summed E-state index contributed by atoms with van der Waals surface area (Å²) in [4.78, 5) is 24.9. The number of benzene rings is 3. The van der Waals surface area contributed by atoms with E-state index >= 15 is 0 Å². The maximum atomic E-state index is 13.7. The van der Waals surface area contributed by atoms with Gasteiger partial charge in [-0.3, -0.25) is 9.59 Å². The molecule has 0 fully saturated rings. The van der Waals surface area contributed by atoms with Crippen LogP contribution in [0, 0.1) is 5.82 Å². The first-order chi connectivity index (χ1) is 15.6. The van der Waals surface area contributed by atoms with Crippen molar-refractivity contribution in [2.75, 3.05) is 18.5 Å². The Labute approximate surface area is 186 Å². The molecule has 3 rings (SSSR count). The first-order valence-corrected chi connectivity index (χ1v) is 10.3. The smallest absolute Gasteiger partial charge is 0.262 e. The minimum Gasteiger partial charge on any atom is -0.483 e. The molecule has 0 spiro atoms. The molecule has 0 radical (unpaired) electrons. The quantitative estimate of drug-likeness (QED) is 0.497. The highest BCUT2D eigenvalue weighted by atomic mass is 19.1. The monoisotopic (exact) mass is 436 g/mol. The van der Waals surface area contributed by atoms with Gasteiger partial charge in [-0.25, -0.2) is 4.39 Å². The fourth-order valence-corrected chi connectivity index (χ4v) is 3.03. The normalized spacial score (nSPS) is 10.4. The Morgan fingerprint density at radius 3 is 2.38 bits per heavy atom. The van der Waals surface area contributed by atoms with Gasteiger partial charge in [0, 0.05) is 13.2 Å². The molecule has 3 aromatic rings.